The van der Waals surface area contributed by atoms with Crippen LogP contribution >= 0.6 is 11.6 Å². The van der Waals surface area contributed by atoms with Crippen LogP contribution in [0.1, 0.15) is 0 Å². The minimum Gasteiger partial charge on any atom is -0.237 e. The molecule has 0 spiro atoms. The van der Waals surface area contributed by atoms with Gasteiger partial charge in [0.1, 0.15) is 0 Å². The Balaban J connectivity index is 2.90. The van der Waals surface area contributed by atoms with E-state index in [2.05, 4.69) is 9.98 Å². The Morgan fingerprint density at radius 3 is 2.54 bits per heavy atom. The molecule has 0 aliphatic carbocycles. The third-order valence-electron chi connectivity index (χ3n) is 1.10. The molecule has 1 aromatic heterocycles. The summed E-state index contributed by atoms with van der Waals surface area (Å²) in [6.07, 6.45) is -3.28. The van der Waals surface area contributed by atoms with Gasteiger partial charge in [0.2, 0.25) is 5.17 Å². The molecule has 70 valence electrons. The first-order valence-corrected chi connectivity index (χ1v) is 3.60. The van der Waals surface area contributed by atoms with E-state index in [1.165, 1.54) is 18.3 Å². The number of nitrogens with zero attached hydrogens (tertiary/aromatic N) is 2. The molecule has 0 aliphatic heterocycles. The zero-order valence-corrected chi connectivity index (χ0v) is 6.97. The fraction of sp³-hybridized carbons (Fsp3) is 0.143. The molecular formula is C7H4ClF3N2. The lowest BCUT2D eigenvalue weighted by atomic mass is 10.5. The predicted octanol–water partition coefficient (Wildman–Crippen LogP) is 2.91. The van der Waals surface area contributed by atoms with Gasteiger partial charge in [-0.1, -0.05) is 17.7 Å². The van der Waals surface area contributed by atoms with E-state index in [0.29, 0.717) is 0 Å². The highest BCUT2D eigenvalue weighted by Crippen LogP contribution is 2.22. The molecule has 0 bridgehead atoms. The molecule has 0 radical (unpaired) electrons. The minimum absolute atomic E-state index is 0.0650. The first-order chi connectivity index (χ1) is 6.00. The summed E-state index contributed by atoms with van der Waals surface area (Å²) >= 11 is 4.88. The maximum atomic E-state index is 11.8. The first kappa shape index (κ1) is 9.98. The standard InChI is InChI=1S/C7H4ClF3N2/c8-6(7(9,10)11)13-5-3-1-2-4-12-5/h1-4H/b13-6+. The number of halogens is 4. The van der Waals surface area contributed by atoms with E-state index in [0.717, 1.165) is 0 Å². The summed E-state index contributed by atoms with van der Waals surface area (Å²) in [5.41, 5.74) is 0. The lowest BCUT2D eigenvalue weighted by Crippen LogP contribution is -2.16. The van der Waals surface area contributed by atoms with E-state index >= 15 is 0 Å². The summed E-state index contributed by atoms with van der Waals surface area (Å²) in [6, 6.07) is 4.42. The summed E-state index contributed by atoms with van der Waals surface area (Å²) < 4.78 is 35.5. The van der Waals surface area contributed by atoms with Crippen LogP contribution < -0.4 is 0 Å². The normalized spacial score (nSPS) is 13.1. The van der Waals surface area contributed by atoms with Crippen molar-refractivity contribution >= 4 is 22.6 Å². The van der Waals surface area contributed by atoms with Gasteiger partial charge in [-0.05, 0) is 12.1 Å². The molecule has 1 rings (SSSR count). The number of hydrogen-bond acceptors (Lipinski definition) is 2. The maximum Gasteiger partial charge on any atom is 0.444 e. The molecule has 1 aromatic rings. The van der Waals surface area contributed by atoms with Gasteiger partial charge in [-0.15, -0.1) is 0 Å². The second-order valence-corrected chi connectivity index (χ2v) is 2.45. The second kappa shape index (κ2) is 3.74. The Kier molecular flexibility index (Phi) is 2.87. The molecule has 0 unspecified atom stereocenters. The van der Waals surface area contributed by atoms with Gasteiger partial charge in [0.05, 0.1) is 0 Å². The van der Waals surface area contributed by atoms with Crippen LogP contribution in [0.4, 0.5) is 19.0 Å². The Hall–Kier alpha value is -1.10. The Labute approximate surface area is 77.1 Å². The van der Waals surface area contributed by atoms with Crippen molar-refractivity contribution in [2.24, 2.45) is 4.99 Å². The van der Waals surface area contributed by atoms with Gasteiger partial charge in [0.25, 0.3) is 0 Å². The number of aromatic nitrogens is 1. The average molecular weight is 209 g/mol. The smallest absolute Gasteiger partial charge is 0.237 e. The molecule has 2 nitrogen and oxygen atoms in total. The van der Waals surface area contributed by atoms with Crippen molar-refractivity contribution in [3.05, 3.63) is 24.4 Å². The summed E-state index contributed by atoms with van der Waals surface area (Å²) in [5.74, 6) is -0.0650. The molecule has 0 saturated carbocycles. The maximum absolute atomic E-state index is 11.8. The highest BCUT2D eigenvalue weighted by atomic mass is 35.5. The van der Waals surface area contributed by atoms with E-state index in [1.807, 2.05) is 0 Å². The predicted molar refractivity (Wildman–Crippen MR) is 43.2 cm³/mol. The molecule has 0 amide bonds. The Bertz CT molecular complexity index is 307. The van der Waals surface area contributed by atoms with Crippen molar-refractivity contribution in [1.82, 2.24) is 4.98 Å². The van der Waals surface area contributed by atoms with E-state index in [1.54, 1.807) is 6.07 Å². The van der Waals surface area contributed by atoms with Gasteiger partial charge in [-0.25, -0.2) is 9.98 Å². The van der Waals surface area contributed by atoms with Crippen LogP contribution in [0.3, 0.4) is 0 Å². The number of pyridine rings is 1. The van der Waals surface area contributed by atoms with Crippen LogP contribution in [-0.2, 0) is 0 Å². The van der Waals surface area contributed by atoms with Crippen LogP contribution in [0.15, 0.2) is 29.4 Å². The molecule has 0 aromatic carbocycles. The van der Waals surface area contributed by atoms with E-state index < -0.39 is 11.3 Å². The lowest BCUT2D eigenvalue weighted by molar-refractivity contribution is -0.0558. The largest absolute Gasteiger partial charge is 0.444 e. The first-order valence-electron chi connectivity index (χ1n) is 3.22. The van der Waals surface area contributed by atoms with E-state index in [4.69, 9.17) is 11.6 Å². The third kappa shape index (κ3) is 3.02. The molecule has 13 heavy (non-hydrogen) atoms. The molecule has 0 aliphatic rings. The van der Waals surface area contributed by atoms with Crippen molar-refractivity contribution in [3.63, 3.8) is 0 Å². The molecule has 1 heterocycles. The molecule has 6 heteroatoms. The van der Waals surface area contributed by atoms with Crippen LogP contribution in [0.5, 0.6) is 0 Å². The number of alkyl halides is 3. The van der Waals surface area contributed by atoms with Gasteiger partial charge < -0.3 is 0 Å². The summed E-state index contributed by atoms with van der Waals surface area (Å²) in [6.45, 7) is 0. The fourth-order valence-electron chi connectivity index (χ4n) is 0.584. The van der Waals surface area contributed by atoms with Crippen molar-refractivity contribution < 1.29 is 13.2 Å². The van der Waals surface area contributed by atoms with Crippen molar-refractivity contribution in [2.45, 2.75) is 6.18 Å². The van der Waals surface area contributed by atoms with Gasteiger partial charge in [-0.2, -0.15) is 13.2 Å². The minimum atomic E-state index is -4.61. The van der Waals surface area contributed by atoms with Crippen molar-refractivity contribution in [3.8, 4) is 0 Å². The van der Waals surface area contributed by atoms with Crippen LogP contribution in [0.25, 0.3) is 0 Å². The topological polar surface area (TPSA) is 25.2 Å². The highest BCUT2D eigenvalue weighted by molar-refractivity contribution is 6.67. The van der Waals surface area contributed by atoms with Crippen molar-refractivity contribution in [1.29, 1.82) is 0 Å². The second-order valence-electron chi connectivity index (χ2n) is 2.09. The SMILES string of the molecule is FC(F)(F)/C(Cl)=N\c1ccccn1. The highest BCUT2D eigenvalue weighted by Gasteiger charge is 2.34. The number of aliphatic imine (C=N–C) groups is 1. The third-order valence-corrected chi connectivity index (χ3v) is 1.39. The summed E-state index contributed by atoms with van der Waals surface area (Å²) in [7, 11) is 0. The molecular weight excluding hydrogens is 205 g/mol. The van der Waals surface area contributed by atoms with Crippen molar-refractivity contribution in [2.75, 3.05) is 0 Å². The monoisotopic (exact) mass is 208 g/mol. The summed E-state index contributed by atoms with van der Waals surface area (Å²) in [5, 5.41) is -1.42. The summed E-state index contributed by atoms with van der Waals surface area (Å²) in [4.78, 5) is 6.64. The quantitative estimate of drug-likeness (QED) is 0.652. The zero-order chi connectivity index (χ0) is 9.90. The van der Waals surface area contributed by atoms with Crippen LogP contribution in [0, 0.1) is 0 Å². The van der Waals surface area contributed by atoms with Crippen LogP contribution in [-0.4, -0.2) is 16.3 Å². The molecule has 0 saturated heterocycles. The fourth-order valence-corrected chi connectivity index (χ4v) is 0.670. The van der Waals surface area contributed by atoms with Gasteiger partial charge in [-0.3, -0.25) is 0 Å². The van der Waals surface area contributed by atoms with Gasteiger partial charge >= 0.3 is 6.18 Å². The molecule has 0 fully saturated rings. The Morgan fingerprint density at radius 1 is 1.38 bits per heavy atom. The molecule has 0 atom stereocenters. The number of rotatable bonds is 1. The molecule has 0 N–H and O–H groups in total. The zero-order valence-electron chi connectivity index (χ0n) is 6.22. The average Bonchev–Trinajstić information content (AvgIpc) is 2.04. The van der Waals surface area contributed by atoms with Crippen LogP contribution in [0.2, 0.25) is 0 Å². The Morgan fingerprint density at radius 2 is 2.08 bits per heavy atom. The van der Waals surface area contributed by atoms with E-state index in [9.17, 15) is 13.2 Å². The van der Waals surface area contributed by atoms with E-state index in [-0.39, 0.29) is 5.82 Å². The number of hydrogen-bond donors (Lipinski definition) is 0. The lowest BCUT2D eigenvalue weighted by Gasteiger charge is -2.01. The van der Waals surface area contributed by atoms with Gasteiger partial charge in [0, 0.05) is 6.20 Å². The van der Waals surface area contributed by atoms with Gasteiger partial charge in [0.15, 0.2) is 5.82 Å².